The quantitative estimate of drug-likeness (QED) is 0.732. The van der Waals surface area contributed by atoms with Gasteiger partial charge in [-0.15, -0.1) is 0 Å². The Morgan fingerprint density at radius 2 is 2.11 bits per heavy atom. The van der Waals surface area contributed by atoms with Gasteiger partial charge in [0.25, 0.3) is 0 Å². The van der Waals surface area contributed by atoms with Gasteiger partial charge in [0, 0.05) is 12.6 Å². The Kier molecular flexibility index (Phi) is 4.51. The van der Waals surface area contributed by atoms with Crippen LogP contribution in [0.5, 0.6) is 0 Å². The number of carbonyl (C=O) groups is 1. The summed E-state index contributed by atoms with van der Waals surface area (Å²) in [5.74, 6) is 0.929. The molecule has 4 heteroatoms. The molecule has 1 saturated heterocycles. The predicted molar refractivity (Wildman–Crippen MR) is 77.8 cm³/mol. The number of rotatable bonds is 7. The van der Waals surface area contributed by atoms with E-state index in [0.717, 1.165) is 32.5 Å². The maximum atomic E-state index is 12.1. The van der Waals surface area contributed by atoms with Crippen LogP contribution in [0.25, 0.3) is 0 Å². The van der Waals surface area contributed by atoms with Crippen LogP contribution < -0.4 is 11.1 Å². The van der Waals surface area contributed by atoms with Crippen molar-refractivity contribution in [3.8, 4) is 0 Å². The molecule has 1 saturated carbocycles. The molecule has 3 N–H and O–H groups in total. The maximum Gasteiger partial charge on any atom is 0.239 e. The normalized spacial score (nSPS) is 27.7. The number of carbonyl (C=O) groups excluding carboxylic acids is 1. The lowest BCUT2D eigenvalue weighted by Gasteiger charge is -2.38. The number of likely N-dealkylation sites (N-methyl/N-ethyl adjacent to an activating group) is 1. The smallest absolute Gasteiger partial charge is 0.239 e. The summed E-state index contributed by atoms with van der Waals surface area (Å²) < 4.78 is 0. The zero-order chi connectivity index (χ0) is 14.0. The van der Waals surface area contributed by atoms with Crippen LogP contribution in [0.3, 0.4) is 0 Å². The molecule has 0 radical (unpaired) electrons. The first-order valence-electron chi connectivity index (χ1n) is 7.80. The maximum absolute atomic E-state index is 12.1. The van der Waals surface area contributed by atoms with E-state index in [4.69, 9.17) is 5.73 Å². The first kappa shape index (κ1) is 14.8. The molecule has 0 spiro atoms. The number of nitrogens with zero attached hydrogens (tertiary/aromatic N) is 1. The lowest BCUT2D eigenvalue weighted by molar-refractivity contribution is -0.126. The first-order chi connectivity index (χ1) is 9.01. The fraction of sp³-hybridized carbons (Fsp3) is 0.933. The van der Waals surface area contributed by atoms with Crippen molar-refractivity contribution in [2.24, 2.45) is 17.6 Å². The minimum absolute atomic E-state index is 0.161. The minimum atomic E-state index is -0.494. The lowest BCUT2D eigenvalue weighted by atomic mass is 9.90. The summed E-state index contributed by atoms with van der Waals surface area (Å²) in [5.41, 5.74) is 5.28. The summed E-state index contributed by atoms with van der Waals surface area (Å²) in [4.78, 5) is 14.6. The second kappa shape index (κ2) is 5.80. The summed E-state index contributed by atoms with van der Waals surface area (Å²) in [6.07, 6.45) is 4.77. The molecule has 0 bridgehead atoms. The van der Waals surface area contributed by atoms with Gasteiger partial charge in [0.15, 0.2) is 0 Å². The predicted octanol–water partition coefficient (Wildman–Crippen LogP) is 1.35. The van der Waals surface area contributed by atoms with Crippen LogP contribution in [0.1, 0.15) is 46.5 Å². The molecule has 4 nitrogen and oxygen atoms in total. The standard InChI is InChI=1S/C15H29N3O/c1-4-17-15(14(16)19,12-7-8-12)10-18-9-5-6-13(18)11(2)3/h11-13,17H,4-10H2,1-3H3,(H2,16,19). The number of likely N-dealkylation sites (tertiary alicyclic amines) is 1. The second-order valence-corrected chi connectivity index (χ2v) is 6.56. The van der Waals surface area contributed by atoms with Gasteiger partial charge >= 0.3 is 0 Å². The summed E-state index contributed by atoms with van der Waals surface area (Å²) in [7, 11) is 0. The van der Waals surface area contributed by atoms with E-state index >= 15 is 0 Å². The molecular formula is C15H29N3O. The molecule has 19 heavy (non-hydrogen) atoms. The van der Waals surface area contributed by atoms with E-state index in [0.29, 0.717) is 17.9 Å². The van der Waals surface area contributed by atoms with Gasteiger partial charge < -0.3 is 11.1 Å². The van der Waals surface area contributed by atoms with Gasteiger partial charge in [-0.2, -0.15) is 0 Å². The van der Waals surface area contributed by atoms with E-state index in [2.05, 4.69) is 31.0 Å². The fourth-order valence-corrected chi connectivity index (χ4v) is 3.71. The number of primary amides is 1. The molecular weight excluding hydrogens is 238 g/mol. The molecule has 1 aliphatic heterocycles. The molecule has 1 heterocycles. The Hall–Kier alpha value is -0.610. The third-order valence-electron chi connectivity index (χ3n) is 4.84. The molecule has 2 rings (SSSR count). The highest BCUT2D eigenvalue weighted by atomic mass is 16.1. The van der Waals surface area contributed by atoms with Crippen LogP contribution >= 0.6 is 0 Å². The molecule has 0 aromatic rings. The second-order valence-electron chi connectivity index (χ2n) is 6.56. The Labute approximate surface area is 117 Å². The molecule has 2 atom stereocenters. The van der Waals surface area contributed by atoms with Crippen LogP contribution in [-0.2, 0) is 4.79 Å². The minimum Gasteiger partial charge on any atom is -0.368 e. The average molecular weight is 267 g/mol. The van der Waals surface area contributed by atoms with E-state index in [1.165, 1.54) is 12.8 Å². The molecule has 2 aliphatic rings. The number of hydrogen-bond donors (Lipinski definition) is 2. The molecule has 1 aliphatic carbocycles. The van der Waals surface area contributed by atoms with Crippen molar-refractivity contribution in [2.45, 2.75) is 58.0 Å². The van der Waals surface area contributed by atoms with Crippen LogP contribution in [-0.4, -0.2) is 42.0 Å². The van der Waals surface area contributed by atoms with Gasteiger partial charge in [-0.25, -0.2) is 0 Å². The summed E-state index contributed by atoms with van der Waals surface area (Å²) in [6.45, 7) is 9.32. The zero-order valence-electron chi connectivity index (χ0n) is 12.6. The molecule has 1 amide bonds. The monoisotopic (exact) mass is 267 g/mol. The SMILES string of the molecule is CCNC(CN1CCCC1C(C)C)(C(N)=O)C1CC1. The van der Waals surface area contributed by atoms with Crippen molar-refractivity contribution in [1.82, 2.24) is 10.2 Å². The highest BCUT2D eigenvalue weighted by molar-refractivity contribution is 5.86. The summed E-state index contributed by atoms with van der Waals surface area (Å²) >= 11 is 0. The number of hydrogen-bond acceptors (Lipinski definition) is 3. The van der Waals surface area contributed by atoms with Gasteiger partial charge in [-0.1, -0.05) is 20.8 Å². The van der Waals surface area contributed by atoms with E-state index < -0.39 is 5.54 Å². The molecule has 2 unspecified atom stereocenters. The van der Waals surface area contributed by atoms with E-state index in [1.807, 2.05) is 0 Å². The number of nitrogens with two attached hydrogens (primary N) is 1. The summed E-state index contributed by atoms with van der Waals surface area (Å²) in [5, 5.41) is 3.43. The number of nitrogens with one attached hydrogen (secondary N) is 1. The first-order valence-corrected chi connectivity index (χ1v) is 7.80. The fourth-order valence-electron chi connectivity index (χ4n) is 3.71. The van der Waals surface area contributed by atoms with Crippen molar-refractivity contribution >= 4 is 5.91 Å². The van der Waals surface area contributed by atoms with Gasteiger partial charge in [-0.3, -0.25) is 9.69 Å². The van der Waals surface area contributed by atoms with E-state index in [9.17, 15) is 4.79 Å². The zero-order valence-corrected chi connectivity index (χ0v) is 12.6. The molecule has 0 aromatic carbocycles. The Morgan fingerprint density at radius 3 is 2.58 bits per heavy atom. The largest absolute Gasteiger partial charge is 0.368 e. The topological polar surface area (TPSA) is 58.4 Å². The van der Waals surface area contributed by atoms with Gasteiger partial charge in [0.05, 0.1) is 0 Å². The summed E-state index contributed by atoms with van der Waals surface area (Å²) in [6, 6.07) is 0.608. The Morgan fingerprint density at radius 1 is 1.42 bits per heavy atom. The van der Waals surface area contributed by atoms with Crippen LogP contribution in [0, 0.1) is 11.8 Å². The van der Waals surface area contributed by atoms with E-state index in [-0.39, 0.29) is 5.91 Å². The Bertz CT molecular complexity index is 327. The third-order valence-corrected chi connectivity index (χ3v) is 4.84. The van der Waals surface area contributed by atoms with Crippen molar-refractivity contribution in [2.75, 3.05) is 19.6 Å². The van der Waals surface area contributed by atoms with E-state index in [1.54, 1.807) is 0 Å². The Balaban J connectivity index is 2.13. The molecule has 0 aromatic heterocycles. The highest BCUT2D eigenvalue weighted by Crippen LogP contribution is 2.41. The van der Waals surface area contributed by atoms with Crippen LogP contribution in [0.2, 0.25) is 0 Å². The van der Waals surface area contributed by atoms with Gasteiger partial charge in [-0.05, 0) is 50.6 Å². The van der Waals surface area contributed by atoms with Gasteiger partial charge in [0.2, 0.25) is 5.91 Å². The molecule has 2 fully saturated rings. The number of amides is 1. The van der Waals surface area contributed by atoms with Crippen molar-refractivity contribution in [3.63, 3.8) is 0 Å². The van der Waals surface area contributed by atoms with Crippen molar-refractivity contribution in [1.29, 1.82) is 0 Å². The lowest BCUT2D eigenvalue weighted by Crippen LogP contribution is -2.63. The van der Waals surface area contributed by atoms with Crippen molar-refractivity contribution in [3.05, 3.63) is 0 Å². The third kappa shape index (κ3) is 2.95. The molecule has 110 valence electrons. The highest BCUT2D eigenvalue weighted by Gasteiger charge is 2.51. The van der Waals surface area contributed by atoms with Crippen LogP contribution in [0.15, 0.2) is 0 Å². The average Bonchev–Trinajstić information content (AvgIpc) is 3.09. The van der Waals surface area contributed by atoms with Crippen LogP contribution in [0.4, 0.5) is 0 Å². The van der Waals surface area contributed by atoms with Gasteiger partial charge in [0.1, 0.15) is 5.54 Å². The van der Waals surface area contributed by atoms with Crippen molar-refractivity contribution < 1.29 is 4.79 Å².